The predicted octanol–water partition coefficient (Wildman–Crippen LogP) is 2.14. The number of pyridine rings is 1. The number of rotatable bonds is 3. The molecule has 0 unspecified atom stereocenters. The molecule has 0 spiro atoms. The molecule has 0 saturated carbocycles. The summed E-state index contributed by atoms with van der Waals surface area (Å²) in [6.45, 7) is 1.93. The van der Waals surface area contributed by atoms with E-state index in [2.05, 4.69) is 25.3 Å². The van der Waals surface area contributed by atoms with Crippen LogP contribution >= 0.6 is 0 Å². The summed E-state index contributed by atoms with van der Waals surface area (Å²) >= 11 is 0. The average molecular weight is 373 g/mol. The molecule has 0 aliphatic carbocycles. The van der Waals surface area contributed by atoms with Gasteiger partial charge in [-0.2, -0.15) is 15.2 Å². The number of nitrogens with zero attached hydrogens (tertiary/aromatic N) is 6. The summed E-state index contributed by atoms with van der Waals surface area (Å²) < 4.78 is 8.33. The fourth-order valence-electron chi connectivity index (χ4n) is 3.35. The highest BCUT2D eigenvalue weighted by Gasteiger charge is 2.17. The van der Waals surface area contributed by atoms with Gasteiger partial charge in [0, 0.05) is 18.0 Å². The molecule has 0 radical (unpaired) electrons. The minimum absolute atomic E-state index is 0.247. The maximum absolute atomic E-state index is 12.9. The summed E-state index contributed by atoms with van der Waals surface area (Å²) in [6, 6.07) is 9.55. The van der Waals surface area contributed by atoms with Crippen LogP contribution in [0.2, 0.25) is 0 Å². The average Bonchev–Trinajstić information content (AvgIpc) is 3.36. The van der Waals surface area contributed by atoms with Gasteiger partial charge >= 0.3 is 0 Å². The Kier molecular flexibility index (Phi) is 3.48. The lowest BCUT2D eigenvalue weighted by Gasteiger charge is -2.06. The predicted molar refractivity (Wildman–Crippen MR) is 103 cm³/mol. The van der Waals surface area contributed by atoms with Gasteiger partial charge in [-0.15, -0.1) is 0 Å². The second kappa shape index (κ2) is 6.02. The Morgan fingerprint density at radius 1 is 1.11 bits per heavy atom. The Hall–Kier alpha value is -4.01. The summed E-state index contributed by atoms with van der Waals surface area (Å²) in [5.74, 6) is 1.13. The number of benzene rings is 1. The van der Waals surface area contributed by atoms with Crippen LogP contribution in [0.4, 0.5) is 0 Å². The van der Waals surface area contributed by atoms with Gasteiger partial charge in [0.25, 0.3) is 5.56 Å². The van der Waals surface area contributed by atoms with Crippen molar-refractivity contribution in [3.63, 3.8) is 0 Å². The molecule has 9 heteroatoms. The minimum atomic E-state index is -0.247. The van der Waals surface area contributed by atoms with E-state index in [-0.39, 0.29) is 5.56 Å². The number of aromatic nitrogens is 7. The highest BCUT2D eigenvalue weighted by atomic mass is 16.5. The van der Waals surface area contributed by atoms with Gasteiger partial charge in [-0.25, -0.2) is 14.6 Å². The maximum Gasteiger partial charge on any atom is 0.268 e. The number of H-pyrrole nitrogens is 1. The molecular weight excluding hydrogens is 358 g/mol. The van der Waals surface area contributed by atoms with Crippen LogP contribution in [0.15, 0.2) is 53.8 Å². The van der Waals surface area contributed by atoms with Crippen molar-refractivity contribution in [1.29, 1.82) is 0 Å². The molecule has 5 rings (SSSR count). The molecule has 0 atom stereocenters. The lowest BCUT2D eigenvalue weighted by Crippen LogP contribution is -2.19. The van der Waals surface area contributed by atoms with Gasteiger partial charge in [0.15, 0.2) is 5.65 Å². The largest absolute Gasteiger partial charge is 0.497 e. The summed E-state index contributed by atoms with van der Waals surface area (Å²) in [4.78, 5) is 21.5. The molecule has 9 nitrogen and oxygen atoms in total. The van der Waals surface area contributed by atoms with E-state index >= 15 is 0 Å². The fraction of sp³-hybridized carbons (Fsp3) is 0.105. The molecule has 1 N–H and O–H groups in total. The highest BCUT2D eigenvalue weighted by Crippen LogP contribution is 2.29. The van der Waals surface area contributed by atoms with Gasteiger partial charge in [0.2, 0.25) is 5.95 Å². The van der Waals surface area contributed by atoms with Crippen molar-refractivity contribution in [1.82, 2.24) is 34.3 Å². The molecule has 0 aliphatic rings. The van der Waals surface area contributed by atoms with Crippen LogP contribution in [-0.4, -0.2) is 41.5 Å². The van der Waals surface area contributed by atoms with Crippen LogP contribution < -0.4 is 10.3 Å². The number of hydrogen-bond acceptors (Lipinski definition) is 6. The fourth-order valence-corrected chi connectivity index (χ4v) is 3.35. The molecule has 0 aliphatic heterocycles. The SMILES string of the molecule is COc1ccc(-c2c(C)nn3c2ncc2c(=O)n(-c4ncn[nH]4)ccc23)cc1. The van der Waals surface area contributed by atoms with Crippen molar-refractivity contribution < 1.29 is 4.74 Å². The molecule has 4 aromatic heterocycles. The Balaban J connectivity index is 1.75. The minimum Gasteiger partial charge on any atom is -0.497 e. The summed E-state index contributed by atoms with van der Waals surface area (Å²) in [7, 11) is 1.63. The number of nitrogens with one attached hydrogen (secondary N) is 1. The Bertz CT molecular complexity index is 1370. The first kappa shape index (κ1) is 16.2. The van der Waals surface area contributed by atoms with Gasteiger partial charge in [-0.3, -0.25) is 9.36 Å². The van der Waals surface area contributed by atoms with Crippen LogP contribution in [0.25, 0.3) is 33.6 Å². The number of ether oxygens (including phenoxy) is 1. The van der Waals surface area contributed by atoms with E-state index in [1.54, 1.807) is 24.0 Å². The molecule has 0 saturated heterocycles. The third kappa shape index (κ3) is 2.29. The maximum atomic E-state index is 12.9. The van der Waals surface area contributed by atoms with Crippen LogP contribution in [0.3, 0.4) is 0 Å². The molecule has 138 valence electrons. The van der Waals surface area contributed by atoms with Gasteiger partial charge in [-0.1, -0.05) is 12.1 Å². The number of fused-ring (bicyclic) bond motifs is 3. The third-order valence-electron chi connectivity index (χ3n) is 4.70. The molecule has 28 heavy (non-hydrogen) atoms. The van der Waals surface area contributed by atoms with Gasteiger partial charge in [-0.05, 0) is 30.7 Å². The molecule has 0 fully saturated rings. The van der Waals surface area contributed by atoms with Crippen LogP contribution in [-0.2, 0) is 0 Å². The van der Waals surface area contributed by atoms with E-state index in [0.29, 0.717) is 22.5 Å². The third-order valence-corrected chi connectivity index (χ3v) is 4.70. The molecule has 0 amide bonds. The van der Waals surface area contributed by atoms with Crippen LogP contribution in [0, 0.1) is 6.92 Å². The highest BCUT2D eigenvalue weighted by molar-refractivity contribution is 5.86. The van der Waals surface area contributed by atoms with Crippen molar-refractivity contribution in [2.24, 2.45) is 0 Å². The Labute approximate surface area is 158 Å². The summed E-state index contributed by atoms with van der Waals surface area (Å²) in [6.07, 6.45) is 4.58. The van der Waals surface area contributed by atoms with Crippen molar-refractivity contribution >= 4 is 16.6 Å². The quantitative estimate of drug-likeness (QED) is 0.520. The second-order valence-corrected chi connectivity index (χ2v) is 6.28. The van der Waals surface area contributed by atoms with Crippen LogP contribution in [0.5, 0.6) is 5.75 Å². The van der Waals surface area contributed by atoms with E-state index in [4.69, 9.17) is 4.74 Å². The topological polar surface area (TPSA) is 103 Å². The number of aromatic amines is 1. The molecule has 4 heterocycles. The van der Waals surface area contributed by atoms with Gasteiger partial charge < -0.3 is 4.74 Å². The monoisotopic (exact) mass is 373 g/mol. The Morgan fingerprint density at radius 2 is 1.93 bits per heavy atom. The van der Waals surface area contributed by atoms with Crippen LogP contribution in [0.1, 0.15) is 5.69 Å². The number of methoxy groups -OCH3 is 1. The molecule has 5 aromatic rings. The summed E-state index contributed by atoms with van der Waals surface area (Å²) in [5.41, 5.74) is 3.84. The normalized spacial score (nSPS) is 11.4. The van der Waals surface area contributed by atoms with Crippen molar-refractivity contribution in [2.75, 3.05) is 7.11 Å². The zero-order valence-corrected chi connectivity index (χ0v) is 15.1. The van der Waals surface area contributed by atoms with E-state index < -0.39 is 0 Å². The summed E-state index contributed by atoms with van der Waals surface area (Å²) in [5, 5.41) is 11.6. The van der Waals surface area contributed by atoms with Gasteiger partial charge in [0.1, 0.15) is 12.1 Å². The number of aryl methyl sites for hydroxylation is 1. The van der Waals surface area contributed by atoms with E-state index in [1.807, 2.05) is 37.3 Å². The van der Waals surface area contributed by atoms with E-state index in [9.17, 15) is 4.79 Å². The van der Waals surface area contributed by atoms with E-state index in [1.165, 1.54) is 10.9 Å². The first-order valence-electron chi connectivity index (χ1n) is 8.57. The van der Waals surface area contributed by atoms with Crippen molar-refractivity contribution in [2.45, 2.75) is 6.92 Å². The molecular formula is C19H15N7O2. The zero-order chi connectivity index (χ0) is 19.3. The lowest BCUT2D eigenvalue weighted by molar-refractivity contribution is 0.415. The van der Waals surface area contributed by atoms with Crippen molar-refractivity contribution in [3.8, 4) is 22.8 Å². The molecule has 0 bridgehead atoms. The smallest absolute Gasteiger partial charge is 0.268 e. The lowest BCUT2D eigenvalue weighted by atomic mass is 10.1. The Morgan fingerprint density at radius 3 is 2.64 bits per heavy atom. The number of hydrogen-bond donors (Lipinski definition) is 1. The zero-order valence-electron chi connectivity index (χ0n) is 15.1. The molecule has 1 aromatic carbocycles. The first-order chi connectivity index (χ1) is 13.7. The van der Waals surface area contributed by atoms with Crippen molar-refractivity contribution in [3.05, 3.63) is 65.1 Å². The standard InChI is InChI=1S/C19H15N7O2/c1-11-16(12-3-5-13(28-2)6-4-12)17-20-9-14-15(26(17)24-11)7-8-25(18(14)27)19-21-10-22-23-19/h3-10H,1-2H3,(H,21,22,23). The second-order valence-electron chi connectivity index (χ2n) is 6.28. The van der Waals surface area contributed by atoms with Gasteiger partial charge in [0.05, 0.1) is 23.7 Å². The first-order valence-corrected chi connectivity index (χ1v) is 8.57. The van der Waals surface area contributed by atoms with E-state index in [0.717, 1.165) is 22.6 Å².